The minimum atomic E-state index is 0.218. The molecule has 0 aliphatic carbocycles. The first kappa shape index (κ1) is 10.9. The van der Waals surface area contributed by atoms with Crippen molar-refractivity contribution in [3.63, 3.8) is 0 Å². The van der Waals surface area contributed by atoms with Crippen molar-refractivity contribution < 1.29 is 0 Å². The lowest BCUT2D eigenvalue weighted by molar-refractivity contribution is 0.599. The molecule has 0 atom stereocenters. The van der Waals surface area contributed by atoms with Gasteiger partial charge in [0.1, 0.15) is 0 Å². The van der Waals surface area contributed by atoms with Gasteiger partial charge in [0, 0.05) is 9.39 Å². The molecule has 0 aromatic carbocycles. The van der Waals surface area contributed by atoms with Crippen LogP contribution in [-0.2, 0) is 5.41 Å². The van der Waals surface area contributed by atoms with Gasteiger partial charge in [-0.2, -0.15) is 0 Å². The number of rotatable bonds is 0. The van der Waals surface area contributed by atoms with Crippen LogP contribution in [0, 0.1) is 18.4 Å². The highest BCUT2D eigenvalue weighted by Gasteiger charge is 2.17. The molecule has 72 valence electrons. The van der Waals surface area contributed by atoms with Crippen molar-refractivity contribution in [3.05, 3.63) is 25.9 Å². The fourth-order valence-electron chi connectivity index (χ4n) is 1.43. The Hall–Kier alpha value is -0.210. The first-order valence-corrected chi connectivity index (χ1v) is 5.72. The summed E-state index contributed by atoms with van der Waals surface area (Å²) in [6, 6.07) is 0. The van der Waals surface area contributed by atoms with Crippen molar-refractivity contribution in [1.29, 1.82) is 0 Å². The van der Waals surface area contributed by atoms with Crippen LogP contribution < -0.4 is 0 Å². The summed E-state index contributed by atoms with van der Waals surface area (Å²) in [5.74, 6) is 0. The molecule has 13 heavy (non-hydrogen) atoms. The Morgan fingerprint density at radius 3 is 2.23 bits per heavy atom. The van der Waals surface area contributed by atoms with Gasteiger partial charge in [0.2, 0.25) is 0 Å². The molecule has 1 aromatic rings. The fraction of sp³-hybridized carbons (Fsp3) is 0.545. The van der Waals surface area contributed by atoms with E-state index in [0.29, 0.717) is 0 Å². The standard InChI is InChI=1S/C11H16S2/c1-7-6-13-10(11(3,4)5)8(2)9(7)12/h6H,1-5H3. The van der Waals surface area contributed by atoms with Crippen LogP contribution in [0.2, 0.25) is 0 Å². The highest BCUT2D eigenvalue weighted by molar-refractivity contribution is 7.71. The molecule has 0 unspecified atom stereocenters. The van der Waals surface area contributed by atoms with E-state index in [1.54, 1.807) is 0 Å². The number of hydrogen-bond acceptors (Lipinski definition) is 2. The molecule has 0 aliphatic rings. The third-order valence-corrected chi connectivity index (χ3v) is 4.33. The van der Waals surface area contributed by atoms with Crippen LogP contribution in [0.25, 0.3) is 0 Å². The SMILES string of the molecule is Cc1csc(C(C)(C)C)c(C)c1=S. The van der Waals surface area contributed by atoms with Gasteiger partial charge in [0.05, 0.1) is 0 Å². The highest BCUT2D eigenvalue weighted by atomic mass is 32.1. The quantitative estimate of drug-likeness (QED) is 0.575. The van der Waals surface area contributed by atoms with Gasteiger partial charge in [-0.05, 0) is 35.8 Å². The smallest absolute Gasteiger partial charge is 0.0454 e. The summed E-state index contributed by atoms with van der Waals surface area (Å²) in [5, 5.41) is 2.16. The second-order valence-corrected chi connectivity index (χ2v) is 5.74. The largest absolute Gasteiger partial charge is 0.148 e. The maximum absolute atomic E-state index is 5.36. The van der Waals surface area contributed by atoms with E-state index >= 15 is 0 Å². The molecule has 0 spiro atoms. The summed E-state index contributed by atoms with van der Waals surface area (Å²) >= 11 is 7.18. The van der Waals surface area contributed by atoms with E-state index in [1.165, 1.54) is 16.0 Å². The zero-order valence-electron chi connectivity index (χ0n) is 8.89. The lowest BCUT2D eigenvalue weighted by atomic mass is 9.92. The second kappa shape index (κ2) is 3.50. The van der Waals surface area contributed by atoms with Gasteiger partial charge in [-0.3, -0.25) is 0 Å². The minimum absolute atomic E-state index is 0.218. The molecule has 1 heterocycles. The Labute approximate surface area is 89.6 Å². The zero-order chi connectivity index (χ0) is 10.2. The lowest BCUT2D eigenvalue weighted by Gasteiger charge is -2.20. The molecule has 0 saturated carbocycles. The van der Waals surface area contributed by atoms with Gasteiger partial charge in [0.25, 0.3) is 0 Å². The van der Waals surface area contributed by atoms with Crippen LogP contribution in [0.5, 0.6) is 0 Å². The summed E-state index contributed by atoms with van der Waals surface area (Å²) in [6.45, 7) is 10.9. The molecule has 0 amide bonds. The summed E-state index contributed by atoms with van der Waals surface area (Å²) in [6.07, 6.45) is 0. The summed E-state index contributed by atoms with van der Waals surface area (Å²) < 4.78 is 1.03. The predicted molar refractivity (Wildman–Crippen MR) is 63.3 cm³/mol. The molecule has 0 bridgehead atoms. The molecular formula is C11H16S2. The van der Waals surface area contributed by atoms with Crippen molar-refractivity contribution >= 4 is 23.6 Å². The van der Waals surface area contributed by atoms with E-state index in [2.05, 4.69) is 40.0 Å². The summed E-state index contributed by atoms with van der Waals surface area (Å²) in [5.41, 5.74) is 2.73. The fourth-order valence-corrected chi connectivity index (χ4v) is 2.77. The van der Waals surface area contributed by atoms with E-state index in [9.17, 15) is 0 Å². The summed E-state index contributed by atoms with van der Waals surface area (Å²) in [7, 11) is 0. The monoisotopic (exact) mass is 212 g/mol. The van der Waals surface area contributed by atoms with Gasteiger partial charge in [0.15, 0.2) is 0 Å². The van der Waals surface area contributed by atoms with Crippen LogP contribution >= 0.6 is 23.6 Å². The molecule has 0 saturated heterocycles. The Kier molecular flexibility index (Phi) is 2.93. The number of aryl methyl sites for hydroxylation is 1. The molecular weight excluding hydrogens is 196 g/mol. The van der Waals surface area contributed by atoms with Gasteiger partial charge >= 0.3 is 0 Å². The Morgan fingerprint density at radius 2 is 1.77 bits per heavy atom. The molecule has 1 aromatic heterocycles. The zero-order valence-corrected chi connectivity index (χ0v) is 10.5. The van der Waals surface area contributed by atoms with Crippen LogP contribution in [0.3, 0.4) is 0 Å². The van der Waals surface area contributed by atoms with Gasteiger partial charge < -0.3 is 0 Å². The van der Waals surface area contributed by atoms with E-state index in [0.717, 1.165) is 4.51 Å². The van der Waals surface area contributed by atoms with E-state index < -0.39 is 0 Å². The molecule has 0 nitrogen and oxygen atoms in total. The topological polar surface area (TPSA) is 0 Å². The molecule has 0 aliphatic heterocycles. The average molecular weight is 212 g/mol. The predicted octanol–water partition coefficient (Wildman–Crippen LogP) is 4.39. The average Bonchev–Trinajstić information content (AvgIpc) is 1.98. The molecule has 2 heteroatoms. The van der Waals surface area contributed by atoms with Crippen molar-refractivity contribution in [2.45, 2.75) is 40.0 Å². The Bertz CT molecular complexity index is 367. The van der Waals surface area contributed by atoms with E-state index in [-0.39, 0.29) is 5.41 Å². The van der Waals surface area contributed by atoms with E-state index in [4.69, 9.17) is 12.2 Å². The summed E-state index contributed by atoms with van der Waals surface area (Å²) in [4.78, 5) is 1.41. The highest BCUT2D eigenvalue weighted by Crippen LogP contribution is 2.30. The van der Waals surface area contributed by atoms with Crippen molar-refractivity contribution in [2.24, 2.45) is 0 Å². The third-order valence-electron chi connectivity index (χ3n) is 2.07. The third kappa shape index (κ3) is 2.18. The normalized spacial score (nSPS) is 11.8. The maximum atomic E-state index is 5.36. The maximum Gasteiger partial charge on any atom is 0.0454 e. The Morgan fingerprint density at radius 1 is 1.23 bits per heavy atom. The molecule has 0 fully saturated rings. The van der Waals surface area contributed by atoms with Crippen LogP contribution in [0.4, 0.5) is 0 Å². The number of hydrogen-bond donors (Lipinski definition) is 0. The lowest BCUT2D eigenvalue weighted by Crippen LogP contribution is -2.11. The Balaban J connectivity index is 3.44. The minimum Gasteiger partial charge on any atom is -0.148 e. The van der Waals surface area contributed by atoms with Crippen LogP contribution in [0.1, 0.15) is 36.8 Å². The molecule has 0 N–H and O–H groups in total. The van der Waals surface area contributed by atoms with Gasteiger partial charge in [-0.1, -0.05) is 33.0 Å². The van der Waals surface area contributed by atoms with E-state index in [1.807, 2.05) is 11.3 Å². The van der Waals surface area contributed by atoms with Crippen molar-refractivity contribution in [2.75, 3.05) is 0 Å². The van der Waals surface area contributed by atoms with Gasteiger partial charge in [-0.15, -0.1) is 11.3 Å². The van der Waals surface area contributed by atoms with Crippen molar-refractivity contribution in [3.8, 4) is 0 Å². The van der Waals surface area contributed by atoms with Crippen molar-refractivity contribution in [1.82, 2.24) is 0 Å². The van der Waals surface area contributed by atoms with Crippen LogP contribution in [-0.4, -0.2) is 0 Å². The first-order valence-electron chi connectivity index (χ1n) is 4.43. The second-order valence-electron chi connectivity index (χ2n) is 4.45. The molecule has 0 radical (unpaired) electrons. The van der Waals surface area contributed by atoms with Crippen LogP contribution in [0.15, 0.2) is 5.38 Å². The first-order chi connectivity index (χ1) is 5.84. The van der Waals surface area contributed by atoms with Gasteiger partial charge in [-0.25, -0.2) is 0 Å². The molecule has 1 rings (SSSR count).